The normalized spacial score (nSPS) is 16.7. The number of benzene rings is 1. The van der Waals surface area contributed by atoms with Gasteiger partial charge in [-0.25, -0.2) is 4.99 Å². The smallest absolute Gasteiger partial charge is 0.289 e. The number of amidine groups is 1. The predicted molar refractivity (Wildman–Crippen MR) is 102 cm³/mol. The number of thioether (sulfide) groups is 1. The maximum atomic E-state index is 11.8. The Bertz CT molecular complexity index is 856. The third-order valence-corrected chi connectivity index (χ3v) is 4.35. The number of methoxy groups -OCH3 is 3. The highest BCUT2D eigenvalue weighted by Crippen LogP contribution is 2.41. The summed E-state index contributed by atoms with van der Waals surface area (Å²) in [5.74, 6) is 1.91. The summed E-state index contributed by atoms with van der Waals surface area (Å²) in [4.78, 5) is 21.2. The number of carbonyl (C=O) groups is 1. The van der Waals surface area contributed by atoms with Gasteiger partial charge in [-0.05, 0) is 29.5 Å². The van der Waals surface area contributed by atoms with Gasteiger partial charge in [0.05, 0.1) is 31.9 Å². The van der Waals surface area contributed by atoms with Crippen molar-refractivity contribution in [1.82, 2.24) is 10.3 Å². The lowest BCUT2D eigenvalue weighted by molar-refractivity contribution is 0.265. The topological polar surface area (TPSA) is 82.0 Å². The van der Waals surface area contributed by atoms with Crippen LogP contribution in [0.3, 0.4) is 0 Å². The Hall–Kier alpha value is -3.00. The Balaban J connectivity index is 2.02. The molecule has 1 fully saturated rings. The van der Waals surface area contributed by atoms with Crippen molar-refractivity contribution in [3.8, 4) is 17.2 Å². The molecule has 0 spiro atoms. The van der Waals surface area contributed by atoms with Crippen LogP contribution in [0.1, 0.15) is 5.56 Å². The number of rotatable bonds is 5. The van der Waals surface area contributed by atoms with Crippen molar-refractivity contribution in [3.05, 3.63) is 47.1 Å². The molecule has 1 aliphatic heterocycles. The van der Waals surface area contributed by atoms with Crippen LogP contribution in [0.5, 0.6) is 17.2 Å². The number of carbonyl (C=O) groups excluding carboxylic acids is 1. The molecule has 0 unspecified atom stereocenters. The molecule has 134 valence electrons. The van der Waals surface area contributed by atoms with Crippen molar-refractivity contribution in [2.75, 3.05) is 21.3 Å². The molecule has 0 saturated carbocycles. The van der Waals surface area contributed by atoms with E-state index in [1.807, 2.05) is 18.2 Å². The van der Waals surface area contributed by atoms with Crippen LogP contribution >= 0.6 is 11.8 Å². The SMILES string of the molecule is COc1cc(N=C2NC(=O)SC2=Cc2cccnc2)cc(OC)c1OC. The van der Waals surface area contributed by atoms with E-state index in [1.54, 1.807) is 24.5 Å². The van der Waals surface area contributed by atoms with Crippen LogP contribution in [0.25, 0.3) is 6.08 Å². The maximum absolute atomic E-state index is 11.8. The van der Waals surface area contributed by atoms with Crippen LogP contribution in [-0.2, 0) is 0 Å². The fourth-order valence-corrected chi connectivity index (χ4v) is 3.12. The van der Waals surface area contributed by atoms with Gasteiger partial charge in [0.2, 0.25) is 5.75 Å². The Kier molecular flexibility index (Phi) is 5.43. The Morgan fingerprint density at radius 1 is 1.15 bits per heavy atom. The molecule has 7 nitrogen and oxygen atoms in total. The van der Waals surface area contributed by atoms with Crippen molar-refractivity contribution in [1.29, 1.82) is 0 Å². The lowest BCUT2D eigenvalue weighted by atomic mass is 10.2. The first-order chi connectivity index (χ1) is 12.6. The van der Waals surface area contributed by atoms with Gasteiger partial charge in [0.15, 0.2) is 11.5 Å². The second-order valence-corrected chi connectivity index (χ2v) is 6.17. The molecule has 1 aliphatic rings. The van der Waals surface area contributed by atoms with Crippen LogP contribution in [-0.4, -0.2) is 37.4 Å². The summed E-state index contributed by atoms with van der Waals surface area (Å²) < 4.78 is 16.0. The minimum Gasteiger partial charge on any atom is -0.493 e. The maximum Gasteiger partial charge on any atom is 0.289 e. The lowest BCUT2D eigenvalue weighted by Crippen LogP contribution is -2.18. The molecule has 2 aromatic rings. The van der Waals surface area contributed by atoms with Gasteiger partial charge in [-0.1, -0.05) is 6.07 Å². The average molecular weight is 371 g/mol. The Labute approximate surface area is 155 Å². The van der Waals surface area contributed by atoms with E-state index >= 15 is 0 Å². The summed E-state index contributed by atoms with van der Waals surface area (Å²) in [6, 6.07) is 7.16. The zero-order valence-electron chi connectivity index (χ0n) is 14.5. The molecular formula is C18H17N3O4S. The van der Waals surface area contributed by atoms with Crippen molar-refractivity contribution >= 4 is 34.6 Å². The number of pyridine rings is 1. The highest BCUT2D eigenvalue weighted by molar-refractivity contribution is 8.18. The summed E-state index contributed by atoms with van der Waals surface area (Å²) >= 11 is 1.08. The molecule has 3 rings (SSSR count). The zero-order chi connectivity index (χ0) is 18.5. The minimum atomic E-state index is -0.189. The summed E-state index contributed by atoms with van der Waals surface area (Å²) in [5, 5.41) is 2.56. The van der Waals surface area contributed by atoms with Crippen molar-refractivity contribution in [2.45, 2.75) is 0 Å². The van der Waals surface area contributed by atoms with Crippen molar-refractivity contribution in [2.24, 2.45) is 4.99 Å². The van der Waals surface area contributed by atoms with E-state index in [9.17, 15) is 4.79 Å². The van der Waals surface area contributed by atoms with Crippen LogP contribution in [0.2, 0.25) is 0 Å². The molecule has 1 saturated heterocycles. The van der Waals surface area contributed by atoms with Gasteiger partial charge in [-0.2, -0.15) is 0 Å². The van der Waals surface area contributed by atoms with Crippen LogP contribution in [0.15, 0.2) is 46.6 Å². The van der Waals surface area contributed by atoms with Gasteiger partial charge < -0.3 is 19.5 Å². The number of nitrogens with zero attached hydrogens (tertiary/aromatic N) is 2. The first kappa shape index (κ1) is 17.8. The minimum absolute atomic E-state index is 0.189. The van der Waals surface area contributed by atoms with E-state index in [0.717, 1.165) is 17.3 Å². The first-order valence-electron chi connectivity index (χ1n) is 7.64. The third-order valence-electron chi connectivity index (χ3n) is 3.53. The second-order valence-electron chi connectivity index (χ2n) is 5.15. The van der Waals surface area contributed by atoms with Crippen molar-refractivity contribution < 1.29 is 19.0 Å². The van der Waals surface area contributed by atoms with Gasteiger partial charge in [0.25, 0.3) is 5.24 Å². The second kappa shape index (κ2) is 7.92. The molecule has 2 heterocycles. The molecule has 8 heteroatoms. The number of ether oxygens (including phenoxy) is 3. The van der Waals surface area contributed by atoms with Gasteiger partial charge >= 0.3 is 0 Å². The number of nitrogens with one attached hydrogen (secondary N) is 1. The quantitative estimate of drug-likeness (QED) is 0.864. The highest BCUT2D eigenvalue weighted by atomic mass is 32.2. The van der Waals surface area contributed by atoms with Gasteiger partial charge in [0.1, 0.15) is 5.84 Å². The Morgan fingerprint density at radius 2 is 1.88 bits per heavy atom. The summed E-state index contributed by atoms with van der Waals surface area (Å²) in [6.07, 6.45) is 5.26. The molecule has 1 aromatic carbocycles. The number of aromatic nitrogens is 1. The predicted octanol–water partition coefficient (Wildman–Crippen LogP) is 3.63. The van der Waals surface area contributed by atoms with Gasteiger partial charge in [-0.15, -0.1) is 0 Å². The average Bonchev–Trinajstić information content (AvgIpc) is 3.00. The first-order valence-corrected chi connectivity index (χ1v) is 8.46. The van der Waals surface area contributed by atoms with E-state index in [2.05, 4.69) is 15.3 Å². The van der Waals surface area contributed by atoms with Crippen LogP contribution in [0, 0.1) is 0 Å². The molecule has 1 N–H and O–H groups in total. The standard InChI is InChI=1S/C18H17N3O4S/c1-23-13-8-12(9-14(24-2)16(13)25-3)20-17-15(26-18(22)21-17)7-11-5-4-6-19-10-11/h4-10H,1-3H3,(H,20,21,22). The fourth-order valence-electron chi connectivity index (χ4n) is 2.39. The summed E-state index contributed by atoms with van der Waals surface area (Å²) in [7, 11) is 4.61. The zero-order valence-corrected chi connectivity index (χ0v) is 15.3. The molecule has 1 aromatic heterocycles. The monoisotopic (exact) mass is 371 g/mol. The summed E-state index contributed by atoms with van der Waals surface area (Å²) in [5.41, 5.74) is 1.44. The van der Waals surface area contributed by atoms with Crippen LogP contribution < -0.4 is 19.5 Å². The van der Waals surface area contributed by atoms with Crippen LogP contribution in [0.4, 0.5) is 10.5 Å². The van der Waals surface area contributed by atoms with Gasteiger partial charge in [-0.3, -0.25) is 9.78 Å². The van der Waals surface area contributed by atoms with Gasteiger partial charge in [0, 0.05) is 24.5 Å². The molecular weight excluding hydrogens is 354 g/mol. The molecule has 0 aliphatic carbocycles. The fraction of sp³-hybridized carbons (Fsp3) is 0.167. The molecule has 0 atom stereocenters. The molecule has 1 amide bonds. The van der Waals surface area contributed by atoms with E-state index < -0.39 is 0 Å². The summed E-state index contributed by atoms with van der Waals surface area (Å²) in [6.45, 7) is 0. The van der Waals surface area contributed by atoms with E-state index in [1.165, 1.54) is 21.3 Å². The highest BCUT2D eigenvalue weighted by Gasteiger charge is 2.24. The van der Waals surface area contributed by atoms with E-state index in [-0.39, 0.29) is 5.24 Å². The molecule has 26 heavy (non-hydrogen) atoms. The Morgan fingerprint density at radius 3 is 2.46 bits per heavy atom. The number of amides is 1. The van der Waals surface area contributed by atoms with Crippen molar-refractivity contribution in [3.63, 3.8) is 0 Å². The number of aliphatic imine (C=N–C) groups is 1. The van der Waals surface area contributed by atoms with E-state index in [0.29, 0.717) is 33.7 Å². The van der Waals surface area contributed by atoms with E-state index in [4.69, 9.17) is 14.2 Å². The largest absolute Gasteiger partial charge is 0.493 e. The molecule has 0 radical (unpaired) electrons. The number of hydrogen-bond donors (Lipinski definition) is 1. The molecule has 0 bridgehead atoms. The third kappa shape index (κ3) is 3.80. The lowest BCUT2D eigenvalue weighted by Gasteiger charge is -2.12. The number of hydrogen-bond acceptors (Lipinski definition) is 7.